The number of rotatable bonds is 9. The van der Waals surface area contributed by atoms with Gasteiger partial charge in [-0.25, -0.2) is 13.6 Å². The number of alkyl halides is 2. The normalized spacial score (nSPS) is 22.9. The van der Waals surface area contributed by atoms with Gasteiger partial charge >= 0.3 is 6.09 Å². The number of pyridine rings is 1. The number of ether oxygens (including phenoxy) is 3. The van der Waals surface area contributed by atoms with Crippen molar-refractivity contribution in [2.75, 3.05) is 13.7 Å². The maximum absolute atomic E-state index is 12.9. The minimum absolute atomic E-state index is 0.0343. The molecule has 1 unspecified atom stereocenters. The minimum Gasteiger partial charge on any atom is -0.491 e. The van der Waals surface area contributed by atoms with Gasteiger partial charge in [0, 0.05) is 17.8 Å². The Hall–Kier alpha value is -3.16. The van der Waals surface area contributed by atoms with Crippen molar-refractivity contribution < 1.29 is 27.8 Å². The van der Waals surface area contributed by atoms with Gasteiger partial charge in [0.15, 0.2) is 0 Å². The summed E-state index contributed by atoms with van der Waals surface area (Å²) < 4.78 is 42.0. The van der Waals surface area contributed by atoms with E-state index in [1.165, 1.54) is 7.11 Å². The highest BCUT2D eigenvalue weighted by molar-refractivity contribution is 5.80. The molecule has 8 heteroatoms. The minimum atomic E-state index is -2.56. The first kappa shape index (κ1) is 23.0. The number of carbonyl (C=O) groups is 1. The van der Waals surface area contributed by atoms with Crippen LogP contribution < -0.4 is 14.8 Å². The lowest BCUT2D eigenvalue weighted by molar-refractivity contribution is 0.0855. The van der Waals surface area contributed by atoms with Gasteiger partial charge in [0.2, 0.25) is 0 Å². The van der Waals surface area contributed by atoms with Crippen LogP contribution in [0.5, 0.6) is 11.5 Å². The first-order chi connectivity index (χ1) is 15.8. The number of carbonyl (C=O) groups excluding carboxylic acids is 1. The monoisotopic (exact) mass is 458 g/mol. The van der Waals surface area contributed by atoms with E-state index in [1.54, 1.807) is 12.3 Å². The van der Waals surface area contributed by atoms with E-state index in [9.17, 15) is 13.6 Å². The molecule has 2 aromatic rings. The molecule has 1 amide bonds. The van der Waals surface area contributed by atoms with E-state index in [4.69, 9.17) is 9.47 Å². The third kappa shape index (κ3) is 6.21. The summed E-state index contributed by atoms with van der Waals surface area (Å²) in [4.78, 5) is 15.7. The van der Waals surface area contributed by atoms with Crippen molar-refractivity contribution >= 4 is 11.8 Å². The van der Waals surface area contributed by atoms with Gasteiger partial charge in [0.05, 0.1) is 31.9 Å². The molecular weight excluding hydrogens is 430 g/mol. The molecule has 2 aliphatic rings. The number of aromatic nitrogens is 1. The summed E-state index contributed by atoms with van der Waals surface area (Å²) in [5, 5.41) is 2.55. The Balaban J connectivity index is 1.21. The highest BCUT2D eigenvalue weighted by atomic mass is 19.3. The van der Waals surface area contributed by atoms with Crippen LogP contribution in [-0.4, -0.2) is 36.8 Å². The number of halogens is 2. The zero-order valence-corrected chi connectivity index (χ0v) is 18.6. The second-order valence-corrected chi connectivity index (χ2v) is 8.70. The van der Waals surface area contributed by atoms with Gasteiger partial charge in [-0.3, -0.25) is 10.3 Å². The Morgan fingerprint density at radius 1 is 1.18 bits per heavy atom. The maximum Gasteiger partial charge on any atom is 0.411 e. The summed E-state index contributed by atoms with van der Waals surface area (Å²) >= 11 is 0. The number of benzene rings is 1. The highest BCUT2D eigenvalue weighted by Gasteiger charge is 2.57. The second kappa shape index (κ2) is 9.77. The molecule has 1 aromatic carbocycles. The summed E-state index contributed by atoms with van der Waals surface area (Å²) in [5.41, 5.74) is 2.20. The summed E-state index contributed by atoms with van der Waals surface area (Å²) in [6, 6.07) is 11.1. The molecule has 1 aromatic heterocycles. The topological polar surface area (TPSA) is 69.7 Å². The summed E-state index contributed by atoms with van der Waals surface area (Å²) in [7, 11) is 1.30. The molecule has 0 saturated heterocycles. The largest absolute Gasteiger partial charge is 0.491 e. The van der Waals surface area contributed by atoms with E-state index in [-0.39, 0.29) is 19.1 Å². The molecule has 0 bridgehead atoms. The number of hydrogen-bond donors (Lipinski definition) is 1. The third-order valence-electron chi connectivity index (χ3n) is 6.14. The van der Waals surface area contributed by atoms with Crippen molar-refractivity contribution in [2.45, 2.75) is 44.1 Å². The van der Waals surface area contributed by atoms with Crippen LogP contribution in [0.2, 0.25) is 0 Å². The predicted octanol–water partition coefficient (Wildman–Crippen LogP) is 5.23. The maximum atomic E-state index is 12.9. The number of nitrogens with zero attached hydrogens (tertiary/aromatic N) is 1. The van der Waals surface area contributed by atoms with E-state index in [2.05, 4.69) is 21.6 Å². The van der Waals surface area contributed by atoms with Crippen LogP contribution in [-0.2, 0) is 11.2 Å². The van der Waals surface area contributed by atoms with Crippen molar-refractivity contribution in [1.82, 2.24) is 10.3 Å². The predicted molar refractivity (Wildman–Crippen MR) is 119 cm³/mol. The van der Waals surface area contributed by atoms with Crippen LogP contribution in [0.15, 0.2) is 49.2 Å². The van der Waals surface area contributed by atoms with E-state index in [1.807, 2.05) is 30.3 Å². The van der Waals surface area contributed by atoms with Gasteiger partial charge in [0.1, 0.15) is 11.5 Å². The SMILES string of the molecule is C=C(NC(=O)OC)c1ccc(O[C@@H]2CCC(Cc3ccc(OC[C@H]4CC4(F)F)cn3)C2)cc1. The molecule has 176 valence electrons. The lowest BCUT2D eigenvalue weighted by atomic mass is 10.0. The Morgan fingerprint density at radius 2 is 1.91 bits per heavy atom. The number of methoxy groups -OCH3 is 1. The molecule has 4 rings (SSSR count). The summed E-state index contributed by atoms with van der Waals surface area (Å²) in [6.45, 7) is 3.87. The number of nitrogens with one attached hydrogen (secondary N) is 1. The fraction of sp³-hybridized carbons (Fsp3) is 0.440. The van der Waals surface area contributed by atoms with Crippen LogP contribution in [0.25, 0.3) is 5.70 Å². The fourth-order valence-electron chi connectivity index (χ4n) is 4.06. The quantitative estimate of drug-likeness (QED) is 0.557. The zero-order chi connectivity index (χ0) is 23.4. The lowest BCUT2D eigenvalue weighted by Gasteiger charge is -2.15. The van der Waals surface area contributed by atoms with Gasteiger partial charge in [-0.05, 0) is 73.6 Å². The summed E-state index contributed by atoms with van der Waals surface area (Å²) in [6.07, 6.45) is 4.92. The Morgan fingerprint density at radius 3 is 2.55 bits per heavy atom. The van der Waals surface area contributed by atoms with Crippen molar-refractivity contribution in [1.29, 1.82) is 0 Å². The van der Waals surface area contributed by atoms with Crippen LogP contribution in [0.4, 0.5) is 13.6 Å². The molecule has 2 saturated carbocycles. The lowest BCUT2D eigenvalue weighted by Crippen LogP contribution is -2.20. The smallest absolute Gasteiger partial charge is 0.411 e. The molecule has 0 radical (unpaired) electrons. The molecular formula is C25H28F2N2O4. The number of alkyl carbamates (subject to hydrolysis) is 1. The van der Waals surface area contributed by atoms with Crippen molar-refractivity contribution in [3.8, 4) is 11.5 Å². The van der Waals surface area contributed by atoms with Gasteiger partial charge in [-0.15, -0.1) is 0 Å². The van der Waals surface area contributed by atoms with E-state index < -0.39 is 17.9 Å². The Labute approximate surface area is 191 Å². The molecule has 1 heterocycles. The van der Waals surface area contributed by atoms with E-state index in [0.717, 1.165) is 42.7 Å². The van der Waals surface area contributed by atoms with E-state index >= 15 is 0 Å². The Bertz CT molecular complexity index is 979. The Kier molecular flexibility index (Phi) is 6.81. The molecule has 2 aliphatic carbocycles. The van der Waals surface area contributed by atoms with Crippen LogP contribution in [0.3, 0.4) is 0 Å². The van der Waals surface area contributed by atoms with E-state index in [0.29, 0.717) is 17.4 Å². The highest BCUT2D eigenvalue weighted by Crippen LogP contribution is 2.48. The molecule has 0 aliphatic heterocycles. The zero-order valence-electron chi connectivity index (χ0n) is 18.6. The standard InChI is InChI=1S/C25H28F2N2O4/c1-16(29-24(30)31-2)18-4-8-21(9-5-18)33-22-7-3-17(12-22)11-20-6-10-23(14-28-20)32-15-19-13-25(19,26)27/h4-6,8-10,14,17,19,22H,1,3,7,11-13,15H2,2H3,(H,29,30)/t17?,19-,22-/m1/s1. The fourth-order valence-corrected chi connectivity index (χ4v) is 4.06. The van der Waals surface area contributed by atoms with Gasteiger partial charge < -0.3 is 14.2 Å². The summed E-state index contributed by atoms with van der Waals surface area (Å²) in [5.74, 6) is -1.45. The van der Waals surface area contributed by atoms with Crippen molar-refractivity contribution in [3.63, 3.8) is 0 Å². The van der Waals surface area contributed by atoms with Crippen molar-refractivity contribution in [2.24, 2.45) is 11.8 Å². The van der Waals surface area contributed by atoms with Gasteiger partial charge in [-0.2, -0.15) is 0 Å². The molecule has 3 atom stereocenters. The first-order valence-electron chi connectivity index (χ1n) is 11.1. The van der Waals surface area contributed by atoms with Gasteiger partial charge in [0.25, 0.3) is 5.92 Å². The van der Waals surface area contributed by atoms with Crippen LogP contribution >= 0.6 is 0 Å². The average molecular weight is 459 g/mol. The average Bonchev–Trinajstić information content (AvgIpc) is 3.19. The molecule has 0 spiro atoms. The number of hydrogen-bond acceptors (Lipinski definition) is 5. The van der Waals surface area contributed by atoms with Crippen molar-refractivity contribution in [3.05, 3.63) is 60.4 Å². The molecule has 33 heavy (non-hydrogen) atoms. The first-order valence-corrected chi connectivity index (χ1v) is 11.1. The molecule has 2 fully saturated rings. The second-order valence-electron chi connectivity index (χ2n) is 8.70. The third-order valence-corrected chi connectivity index (χ3v) is 6.14. The molecule has 6 nitrogen and oxygen atoms in total. The van der Waals surface area contributed by atoms with Crippen LogP contribution in [0.1, 0.15) is 36.9 Å². The van der Waals surface area contributed by atoms with Gasteiger partial charge in [-0.1, -0.05) is 6.58 Å². The molecule has 1 N–H and O–H groups in total. The number of amides is 1. The van der Waals surface area contributed by atoms with Crippen LogP contribution in [0, 0.1) is 11.8 Å².